The quantitative estimate of drug-likeness (QED) is 0.229. The maximum absolute atomic E-state index is 10.9. The number of hydrogen-bond donors (Lipinski definition) is 1. The lowest BCUT2D eigenvalue weighted by atomic mass is 10.1. The van der Waals surface area contributed by atoms with Crippen molar-refractivity contribution < 1.29 is 14.5 Å². The molecule has 1 heterocycles. The molecule has 0 saturated heterocycles. The van der Waals surface area contributed by atoms with Crippen molar-refractivity contribution in [3.63, 3.8) is 0 Å². The van der Waals surface area contributed by atoms with E-state index in [1.54, 1.807) is 4.58 Å². The monoisotopic (exact) mass is 405 g/mol. The molecular weight excluding hydrogens is 362 g/mol. The van der Waals surface area contributed by atoms with E-state index in [4.69, 9.17) is 0 Å². The van der Waals surface area contributed by atoms with Crippen molar-refractivity contribution in [1.82, 2.24) is 10.2 Å². The van der Waals surface area contributed by atoms with Gasteiger partial charge < -0.3 is 14.8 Å². The number of carbonyl (C=O) groups is 1. The van der Waals surface area contributed by atoms with E-state index >= 15 is 0 Å². The molecule has 0 aromatic heterocycles. The molecule has 1 rings (SSSR count). The van der Waals surface area contributed by atoms with Crippen LogP contribution in [0, 0.1) is 12.0 Å². The zero-order chi connectivity index (χ0) is 21.3. The molecule has 0 saturated carbocycles. The molecule has 0 aliphatic carbocycles. The second kappa shape index (κ2) is 16.3. The van der Waals surface area contributed by atoms with Crippen LogP contribution in [0.3, 0.4) is 0 Å². The molecule has 0 aromatic carbocycles. The van der Waals surface area contributed by atoms with Gasteiger partial charge in [0.1, 0.15) is 5.97 Å². The Morgan fingerprint density at radius 2 is 1.62 bits per heavy atom. The van der Waals surface area contributed by atoms with Crippen LogP contribution in [-0.2, 0) is 4.79 Å². The lowest BCUT2D eigenvalue weighted by molar-refractivity contribution is -0.527. The molecule has 0 aromatic rings. The molecule has 0 fully saturated rings. The van der Waals surface area contributed by atoms with Gasteiger partial charge in [-0.05, 0) is 19.9 Å². The van der Waals surface area contributed by atoms with Crippen LogP contribution in [-0.4, -0.2) is 53.5 Å². The van der Waals surface area contributed by atoms with Gasteiger partial charge in [0, 0.05) is 18.9 Å². The molecule has 1 aliphatic heterocycles. The summed E-state index contributed by atoms with van der Waals surface area (Å²) in [5.41, 5.74) is 0.796. The Balaban J connectivity index is 2.03. The summed E-state index contributed by atoms with van der Waals surface area (Å²) in [4.78, 5) is 12.9. The summed E-state index contributed by atoms with van der Waals surface area (Å²) in [6, 6.07) is 3.16. The largest absolute Gasteiger partial charge is 0.544 e. The standard InChI is InChI=1S/C24H43N3O2/c1-4-5-6-7-8-9-10-11-12-13-14-15-17-25-23(3)26-18-16-22(2)27(20-19-26)21-24(28)29/h23,25H,4-15,17,19-21H2,1-3H3. The first-order valence-corrected chi connectivity index (χ1v) is 11.8. The third-order valence-corrected chi connectivity index (χ3v) is 5.72. The lowest BCUT2D eigenvalue weighted by Gasteiger charge is -2.24. The number of nitrogens with zero attached hydrogens (tertiary/aromatic N) is 2. The second-order valence-corrected chi connectivity index (χ2v) is 8.33. The van der Waals surface area contributed by atoms with Gasteiger partial charge in [-0.3, -0.25) is 5.32 Å². The molecule has 0 spiro atoms. The van der Waals surface area contributed by atoms with E-state index in [1.165, 1.54) is 77.0 Å². The topological polar surface area (TPSA) is 58.4 Å². The highest BCUT2D eigenvalue weighted by Crippen LogP contribution is 2.11. The Bertz CT molecular complexity index is 548. The normalized spacial score (nSPS) is 15.1. The number of rotatable bonds is 17. The third-order valence-electron chi connectivity index (χ3n) is 5.72. The molecule has 0 radical (unpaired) electrons. The molecule has 166 valence electrons. The van der Waals surface area contributed by atoms with E-state index < -0.39 is 5.97 Å². The van der Waals surface area contributed by atoms with Crippen molar-refractivity contribution in [2.24, 2.45) is 0 Å². The summed E-state index contributed by atoms with van der Waals surface area (Å²) in [5, 5.41) is 14.4. The van der Waals surface area contributed by atoms with E-state index in [9.17, 15) is 9.90 Å². The van der Waals surface area contributed by atoms with Gasteiger partial charge >= 0.3 is 0 Å². The van der Waals surface area contributed by atoms with Crippen LogP contribution < -0.4 is 10.4 Å². The fourth-order valence-electron chi connectivity index (χ4n) is 3.71. The predicted octanol–water partition coefficient (Wildman–Crippen LogP) is 3.12. The zero-order valence-electron chi connectivity index (χ0n) is 19.1. The molecule has 1 aliphatic rings. The first kappa shape index (κ1) is 25.5. The van der Waals surface area contributed by atoms with Gasteiger partial charge in [-0.2, -0.15) is 0 Å². The minimum Gasteiger partial charge on any atom is -0.544 e. The number of carboxylic acid groups (broad SMARTS) is 1. The zero-order valence-corrected chi connectivity index (χ0v) is 19.1. The average Bonchev–Trinajstić information content (AvgIpc) is 2.87. The Labute approximate surface area is 178 Å². The first-order valence-electron chi connectivity index (χ1n) is 11.8. The Morgan fingerprint density at radius 1 is 1.07 bits per heavy atom. The van der Waals surface area contributed by atoms with E-state index in [-0.39, 0.29) is 12.7 Å². The summed E-state index contributed by atoms with van der Waals surface area (Å²) >= 11 is 0. The van der Waals surface area contributed by atoms with Crippen LogP contribution in [0.1, 0.15) is 97.8 Å². The molecular formula is C24H43N3O2. The van der Waals surface area contributed by atoms with Crippen molar-refractivity contribution in [2.75, 3.05) is 26.2 Å². The van der Waals surface area contributed by atoms with Crippen LogP contribution >= 0.6 is 0 Å². The molecule has 5 heteroatoms. The number of unbranched alkanes of at least 4 members (excludes halogenated alkanes) is 11. The Morgan fingerprint density at radius 3 is 2.17 bits per heavy atom. The van der Waals surface area contributed by atoms with Crippen molar-refractivity contribution in [3.05, 3.63) is 0 Å². The predicted molar refractivity (Wildman–Crippen MR) is 119 cm³/mol. The molecule has 5 nitrogen and oxygen atoms in total. The summed E-state index contributed by atoms with van der Waals surface area (Å²) < 4.78 is 1.78. The van der Waals surface area contributed by atoms with Gasteiger partial charge in [0.15, 0.2) is 13.1 Å². The molecule has 1 unspecified atom stereocenters. The third kappa shape index (κ3) is 12.6. The van der Waals surface area contributed by atoms with E-state index in [1.807, 2.05) is 6.92 Å². The molecule has 1 N–H and O–H groups in total. The maximum Gasteiger partial charge on any atom is 0.226 e. The van der Waals surface area contributed by atoms with Gasteiger partial charge in [0.2, 0.25) is 5.71 Å². The number of hydrogen-bond acceptors (Lipinski definition) is 4. The van der Waals surface area contributed by atoms with Crippen LogP contribution in [0.25, 0.3) is 0 Å². The van der Waals surface area contributed by atoms with Gasteiger partial charge in [-0.1, -0.05) is 77.6 Å². The van der Waals surface area contributed by atoms with Gasteiger partial charge in [0.25, 0.3) is 0 Å². The van der Waals surface area contributed by atoms with Crippen molar-refractivity contribution in [3.8, 4) is 12.0 Å². The SMILES string of the molecule is CCCCCCCCCCCCCCNC(C)N1C#CC(C)=[N+](CC(=O)[O-])CC1. The minimum absolute atomic E-state index is 0.0883. The molecule has 0 amide bonds. The summed E-state index contributed by atoms with van der Waals surface area (Å²) in [7, 11) is 0. The minimum atomic E-state index is -1.06. The highest BCUT2D eigenvalue weighted by molar-refractivity contribution is 5.94. The number of aliphatic carboxylic acids is 1. The van der Waals surface area contributed by atoms with E-state index in [0.717, 1.165) is 18.8 Å². The summed E-state index contributed by atoms with van der Waals surface area (Å²) in [6.07, 6.45) is 16.6. The highest BCUT2D eigenvalue weighted by atomic mass is 16.4. The molecule has 29 heavy (non-hydrogen) atoms. The average molecular weight is 406 g/mol. The molecule has 1 atom stereocenters. The van der Waals surface area contributed by atoms with Gasteiger partial charge in [-0.25, -0.2) is 4.58 Å². The van der Waals surface area contributed by atoms with Crippen LogP contribution in [0.4, 0.5) is 0 Å². The summed E-state index contributed by atoms with van der Waals surface area (Å²) in [6.45, 7) is 8.54. The first-order chi connectivity index (χ1) is 14.0. The number of nitrogens with one attached hydrogen (secondary N) is 1. The summed E-state index contributed by atoms with van der Waals surface area (Å²) in [5.74, 6) is 2.01. The molecule has 0 bridgehead atoms. The number of carboxylic acids is 1. The van der Waals surface area contributed by atoms with Crippen LogP contribution in [0.15, 0.2) is 0 Å². The van der Waals surface area contributed by atoms with E-state index in [2.05, 4.69) is 36.0 Å². The van der Waals surface area contributed by atoms with Crippen molar-refractivity contribution >= 4 is 11.7 Å². The second-order valence-electron chi connectivity index (χ2n) is 8.33. The lowest BCUT2D eigenvalue weighted by Crippen LogP contribution is -2.44. The maximum atomic E-state index is 10.9. The Hall–Kier alpha value is -1.54. The fraction of sp³-hybridized carbons (Fsp3) is 0.833. The van der Waals surface area contributed by atoms with Crippen molar-refractivity contribution in [2.45, 2.75) is 104 Å². The van der Waals surface area contributed by atoms with Gasteiger partial charge in [0.05, 0.1) is 12.7 Å². The van der Waals surface area contributed by atoms with Crippen LogP contribution in [0.5, 0.6) is 0 Å². The van der Waals surface area contributed by atoms with Crippen LogP contribution in [0.2, 0.25) is 0 Å². The fourth-order valence-corrected chi connectivity index (χ4v) is 3.71. The van der Waals surface area contributed by atoms with Gasteiger partial charge in [-0.15, -0.1) is 0 Å². The smallest absolute Gasteiger partial charge is 0.226 e. The van der Waals surface area contributed by atoms with E-state index in [0.29, 0.717) is 6.54 Å². The Kier molecular flexibility index (Phi) is 14.3. The highest BCUT2D eigenvalue weighted by Gasteiger charge is 2.18. The number of carbonyl (C=O) groups excluding carboxylic acids is 1. The van der Waals surface area contributed by atoms with Crippen molar-refractivity contribution in [1.29, 1.82) is 0 Å².